The van der Waals surface area contributed by atoms with Crippen LogP contribution in [0.5, 0.6) is 0 Å². The first-order chi connectivity index (χ1) is 7.36. The molecule has 1 aliphatic heterocycles. The molecule has 3 heteroatoms. The lowest BCUT2D eigenvalue weighted by molar-refractivity contribution is 0.111. The molecular weight excluding hydrogens is 188 g/mol. The van der Waals surface area contributed by atoms with Crippen molar-refractivity contribution in [3.8, 4) is 0 Å². The maximum absolute atomic E-state index is 5.91. The van der Waals surface area contributed by atoms with Gasteiger partial charge in [-0.05, 0) is 30.2 Å². The molecule has 0 atom stereocenters. The first-order valence-electron chi connectivity index (χ1n) is 5.01. The number of hydrogen-bond donors (Lipinski definition) is 1. The van der Waals surface area contributed by atoms with Crippen molar-refractivity contribution in [3.05, 3.63) is 35.4 Å². The fraction of sp³-hybridized carbons (Fsp3) is 0.250. The van der Waals surface area contributed by atoms with E-state index in [9.17, 15) is 0 Å². The predicted octanol–water partition coefficient (Wildman–Crippen LogP) is 1.69. The highest BCUT2D eigenvalue weighted by molar-refractivity contribution is 5.85. The molecule has 0 aliphatic carbocycles. The number of ether oxygens (including phenoxy) is 1. The maximum Gasteiger partial charge on any atom is 0.129 e. The fourth-order valence-corrected chi connectivity index (χ4v) is 2.07. The highest BCUT2D eigenvalue weighted by Crippen LogP contribution is 2.28. The number of aromatic nitrogens is 1. The van der Waals surface area contributed by atoms with Crippen LogP contribution in [0.15, 0.2) is 18.2 Å². The topological polar surface area (TPSA) is 48.1 Å². The van der Waals surface area contributed by atoms with Gasteiger partial charge in [-0.2, -0.15) is 0 Å². The molecule has 2 aromatic rings. The van der Waals surface area contributed by atoms with Crippen LogP contribution in [0, 0.1) is 6.07 Å². The number of nitrogens with zero attached hydrogens (tertiary/aromatic N) is 1. The molecule has 0 spiro atoms. The van der Waals surface area contributed by atoms with Crippen LogP contribution < -0.4 is 5.73 Å². The van der Waals surface area contributed by atoms with E-state index in [-0.39, 0.29) is 0 Å². The summed E-state index contributed by atoms with van der Waals surface area (Å²) in [5.41, 5.74) is 9.18. The Bertz CT molecular complexity index is 522. The molecule has 2 heterocycles. The second kappa shape index (κ2) is 3.21. The van der Waals surface area contributed by atoms with Crippen LogP contribution >= 0.6 is 0 Å². The average Bonchev–Trinajstić information content (AvgIpc) is 2.30. The van der Waals surface area contributed by atoms with Gasteiger partial charge >= 0.3 is 0 Å². The Morgan fingerprint density at radius 3 is 3.27 bits per heavy atom. The van der Waals surface area contributed by atoms with Gasteiger partial charge in [0.15, 0.2) is 0 Å². The second-order valence-corrected chi connectivity index (χ2v) is 3.70. The maximum atomic E-state index is 5.91. The van der Waals surface area contributed by atoms with Crippen molar-refractivity contribution in [3.63, 3.8) is 0 Å². The van der Waals surface area contributed by atoms with E-state index in [2.05, 4.69) is 11.1 Å². The van der Waals surface area contributed by atoms with E-state index in [4.69, 9.17) is 10.5 Å². The number of hydrogen-bond acceptors (Lipinski definition) is 3. The summed E-state index contributed by atoms with van der Waals surface area (Å²) in [4.78, 5) is 4.37. The summed E-state index contributed by atoms with van der Waals surface area (Å²) in [6.45, 7) is 1.35. The van der Waals surface area contributed by atoms with Crippen LogP contribution in [-0.4, -0.2) is 11.6 Å². The lowest BCUT2D eigenvalue weighted by atomic mass is 9.99. The monoisotopic (exact) mass is 199 g/mol. The summed E-state index contributed by atoms with van der Waals surface area (Å²) in [5, 5.41) is 1.16. The van der Waals surface area contributed by atoms with Crippen molar-refractivity contribution in [2.24, 2.45) is 0 Å². The summed E-state index contributed by atoms with van der Waals surface area (Å²) in [7, 11) is 0. The summed E-state index contributed by atoms with van der Waals surface area (Å²) in [6.07, 6.45) is 0.913. The second-order valence-electron chi connectivity index (χ2n) is 3.70. The van der Waals surface area contributed by atoms with Crippen LogP contribution in [0.2, 0.25) is 0 Å². The van der Waals surface area contributed by atoms with Crippen molar-refractivity contribution >= 4 is 16.7 Å². The zero-order chi connectivity index (χ0) is 10.3. The van der Waals surface area contributed by atoms with Crippen LogP contribution in [0.1, 0.15) is 11.1 Å². The third-order valence-electron chi connectivity index (χ3n) is 2.82. The average molecular weight is 199 g/mol. The van der Waals surface area contributed by atoms with E-state index in [1.54, 1.807) is 0 Å². The molecule has 1 aromatic heterocycles. The number of nitrogen functional groups attached to an aromatic ring is 1. The smallest absolute Gasteiger partial charge is 0.129 e. The van der Waals surface area contributed by atoms with Crippen molar-refractivity contribution in [2.45, 2.75) is 13.0 Å². The SMILES string of the molecule is Nc1nc2cc[c]cc2c2c1COCC2. The molecule has 0 unspecified atom stereocenters. The molecule has 0 fully saturated rings. The molecule has 3 nitrogen and oxygen atoms in total. The van der Waals surface area contributed by atoms with Crippen molar-refractivity contribution < 1.29 is 4.74 Å². The number of nitrogens with two attached hydrogens (primary N) is 1. The minimum atomic E-state index is 0.582. The number of pyridine rings is 1. The largest absolute Gasteiger partial charge is 0.383 e. The zero-order valence-corrected chi connectivity index (χ0v) is 8.29. The van der Waals surface area contributed by atoms with E-state index >= 15 is 0 Å². The minimum absolute atomic E-state index is 0.582. The predicted molar refractivity (Wildman–Crippen MR) is 58.4 cm³/mol. The highest BCUT2D eigenvalue weighted by atomic mass is 16.5. The van der Waals surface area contributed by atoms with E-state index < -0.39 is 0 Å². The number of benzene rings is 1. The van der Waals surface area contributed by atoms with Gasteiger partial charge < -0.3 is 10.5 Å². The third-order valence-corrected chi connectivity index (χ3v) is 2.82. The van der Waals surface area contributed by atoms with Gasteiger partial charge in [0.2, 0.25) is 0 Å². The van der Waals surface area contributed by atoms with E-state index in [1.165, 1.54) is 5.56 Å². The van der Waals surface area contributed by atoms with Gasteiger partial charge in [0.25, 0.3) is 0 Å². The molecule has 0 amide bonds. The van der Waals surface area contributed by atoms with E-state index in [1.807, 2.05) is 18.2 Å². The Kier molecular flexibility index (Phi) is 1.86. The Balaban J connectivity index is 2.39. The first kappa shape index (κ1) is 8.68. The van der Waals surface area contributed by atoms with Crippen molar-refractivity contribution in [2.75, 3.05) is 12.3 Å². The van der Waals surface area contributed by atoms with Gasteiger partial charge in [0, 0.05) is 10.9 Å². The number of fused-ring (bicyclic) bond motifs is 3. The number of rotatable bonds is 0. The van der Waals surface area contributed by atoms with Gasteiger partial charge in [-0.1, -0.05) is 6.07 Å². The van der Waals surface area contributed by atoms with Gasteiger partial charge in [0.1, 0.15) is 5.82 Å². The Morgan fingerprint density at radius 2 is 2.33 bits per heavy atom. The van der Waals surface area contributed by atoms with Crippen LogP contribution in [0.4, 0.5) is 5.82 Å². The van der Waals surface area contributed by atoms with Crippen LogP contribution in [0.25, 0.3) is 10.9 Å². The lowest BCUT2D eigenvalue weighted by Gasteiger charge is -2.19. The molecular formula is C12H11N2O. The van der Waals surface area contributed by atoms with E-state index in [0.29, 0.717) is 12.4 Å². The Hall–Kier alpha value is -1.61. The molecule has 2 N–H and O–H groups in total. The van der Waals surface area contributed by atoms with Gasteiger partial charge in [-0.3, -0.25) is 0 Å². The summed E-state index contributed by atoms with van der Waals surface area (Å²) in [5.74, 6) is 0.600. The fourth-order valence-electron chi connectivity index (χ4n) is 2.07. The summed E-state index contributed by atoms with van der Waals surface area (Å²) >= 11 is 0. The molecule has 0 saturated carbocycles. The Morgan fingerprint density at radius 1 is 1.40 bits per heavy atom. The summed E-state index contributed by atoms with van der Waals surface area (Å²) in [6, 6.07) is 8.87. The first-order valence-corrected chi connectivity index (χ1v) is 5.01. The zero-order valence-electron chi connectivity index (χ0n) is 8.29. The molecule has 0 bridgehead atoms. The molecule has 3 rings (SSSR count). The number of anilines is 1. The minimum Gasteiger partial charge on any atom is -0.383 e. The van der Waals surface area contributed by atoms with Crippen LogP contribution in [0.3, 0.4) is 0 Å². The van der Waals surface area contributed by atoms with Crippen molar-refractivity contribution in [1.29, 1.82) is 0 Å². The molecule has 1 radical (unpaired) electrons. The molecule has 0 saturated heterocycles. The Labute approximate surface area is 87.9 Å². The van der Waals surface area contributed by atoms with Gasteiger partial charge in [0.05, 0.1) is 18.7 Å². The highest BCUT2D eigenvalue weighted by Gasteiger charge is 2.16. The molecule has 1 aliphatic rings. The third kappa shape index (κ3) is 1.27. The quantitative estimate of drug-likeness (QED) is 0.702. The van der Waals surface area contributed by atoms with Gasteiger partial charge in [-0.15, -0.1) is 0 Å². The summed E-state index contributed by atoms with van der Waals surface area (Å²) < 4.78 is 5.40. The molecule has 1 aromatic carbocycles. The van der Waals surface area contributed by atoms with E-state index in [0.717, 1.165) is 29.5 Å². The molecule has 75 valence electrons. The lowest BCUT2D eigenvalue weighted by Crippen LogP contribution is -2.13. The normalized spacial score (nSPS) is 15.2. The van der Waals surface area contributed by atoms with Gasteiger partial charge in [-0.25, -0.2) is 4.98 Å². The van der Waals surface area contributed by atoms with Crippen molar-refractivity contribution in [1.82, 2.24) is 4.98 Å². The molecule has 15 heavy (non-hydrogen) atoms. The standard InChI is InChI=1S/C12H11N2O/c13-12-10-7-15-6-5-8(10)9-3-1-2-4-11(9)14-12/h2-4H,5-7H2,(H2,13,14). The van der Waals surface area contributed by atoms with Crippen LogP contribution in [-0.2, 0) is 17.8 Å².